The normalized spacial score (nSPS) is 52.6. The molecule has 0 saturated heterocycles. The first kappa shape index (κ1) is 9.85. The van der Waals surface area contributed by atoms with Crippen molar-refractivity contribution in [3.8, 4) is 0 Å². The van der Waals surface area contributed by atoms with E-state index in [0.29, 0.717) is 15.6 Å². The zero-order valence-corrected chi connectivity index (χ0v) is 9.84. The molecule has 0 bridgehead atoms. The molecular weight excluding hydrogens is 178 g/mol. The van der Waals surface area contributed by atoms with Gasteiger partial charge in [-0.05, 0) is 49.3 Å². The van der Waals surface area contributed by atoms with E-state index in [2.05, 4.69) is 32.5 Å². The molecule has 2 heteroatoms. The Bertz CT molecular complexity index is 204. The van der Waals surface area contributed by atoms with Crippen molar-refractivity contribution in [2.45, 2.75) is 44.8 Å². The molecule has 3 atom stereocenters. The first-order valence-electron chi connectivity index (χ1n) is 5.38. The van der Waals surface area contributed by atoms with Crippen molar-refractivity contribution >= 4 is 11.8 Å². The fourth-order valence-electron chi connectivity index (χ4n) is 3.41. The summed E-state index contributed by atoms with van der Waals surface area (Å²) in [4.78, 5) is 0. The molecule has 0 amide bonds. The molecule has 2 N–H and O–H groups in total. The van der Waals surface area contributed by atoms with Crippen LogP contribution in [0.2, 0.25) is 0 Å². The standard InChI is InChI=1S/C11H21NS/c1-4-13-10(3)8-11(10)7-9(11,2)5-6-12/h4-8,12H2,1-3H3. The molecule has 0 aromatic carbocycles. The highest BCUT2D eigenvalue weighted by Gasteiger charge is 2.82. The lowest BCUT2D eigenvalue weighted by atomic mass is 10.00. The molecular formula is C11H21NS. The summed E-state index contributed by atoms with van der Waals surface area (Å²) in [7, 11) is 0. The fraction of sp³-hybridized carbons (Fsp3) is 1.00. The topological polar surface area (TPSA) is 26.0 Å². The summed E-state index contributed by atoms with van der Waals surface area (Å²) < 4.78 is 0.603. The first-order valence-corrected chi connectivity index (χ1v) is 6.36. The van der Waals surface area contributed by atoms with E-state index in [1.54, 1.807) is 0 Å². The zero-order chi connectivity index (χ0) is 9.74. The quantitative estimate of drug-likeness (QED) is 0.753. The van der Waals surface area contributed by atoms with Gasteiger partial charge in [-0.1, -0.05) is 13.8 Å². The van der Waals surface area contributed by atoms with E-state index in [9.17, 15) is 0 Å². The second kappa shape index (κ2) is 2.66. The summed E-state index contributed by atoms with van der Waals surface area (Å²) in [5.41, 5.74) is 6.95. The SMILES string of the molecule is CCSC1(C)CC12CC2(C)CCN. The maximum atomic E-state index is 5.66. The van der Waals surface area contributed by atoms with Gasteiger partial charge in [0, 0.05) is 4.75 Å². The Morgan fingerprint density at radius 2 is 2.00 bits per heavy atom. The number of nitrogens with two attached hydrogens (primary N) is 1. The monoisotopic (exact) mass is 199 g/mol. The van der Waals surface area contributed by atoms with Crippen molar-refractivity contribution < 1.29 is 0 Å². The lowest BCUT2D eigenvalue weighted by Gasteiger charge is -2.13. The second-order valence-corrected chi connectivity index (χ2v) is 6.97. The van der Waals surface area contributed by atoms with E-state index in [1.165, 1.54) is 25.0 Å². The van der Waals surface area contributed by atoms with Gasteiger partial charge in [0.2, 0.25) is 0 Å². The summed E-state index contributed by atoms with van der Waals surface area (Å²) in [5, 5.41) is 0. The van der Waals surface area contributed by atoms with Crippen molar-refractivity contribution in [3.05, 3.63) is 0 Å². The van der Waals surface area contributed by atoms with Crippen LogP contribution in [0.3, 0.4) is 0 Å². The third-order valence-electron chi connectivity index (χ3n) is 4.41. The number of hydrogen-bond acceptors (Lipinski definition) is 2. The minimum Gasteiger partial charge on any atom is -0.330 e. The van der Waals surface area contributed by atoms with Crippen LogP contribution >= 0.6 is 11.8 Å². The molecule has 76 valence electrons. The van der Waals surface area contributed by atoms with E-state index < -0.39 is 0 Å². The van der Waals surface area contributed by atoms with Crippen molar-refractivity contribution in [2.24, 2.45) is 16.6 Å². The van der Waals surface area contributed by atoms with Crippen LogP contribution in [0.5, 0.6) is 0 Å². The summed E-state index contributed by atoms with van der Waals surface area (Å²) in [6.45, 7) is 8.01. The Labute approximate surface area is 85.8 Å². The number of thioether (sulfide) groups is 1. The molecule has 13 heavy (non-hydrogen) atoms. The third kappa shape index (κ3) is 1.11. The maximum Gasteiger partial charge on any atom is 0.0199 e. The molecule has 0 radical (unpaired) electrons. The van der Waals surface area contributed by atoms with Crippen LogP contribution in [0, 0.1) is 10.8 Å². The number of rotatable bonds is 4. The minimum absolute atomic E-state index is 0.596. The second-order valence-electron chi connectivity index (χ2n) is 5.20. The molecule has 3 unspecified atom stereocenters. The van der Waals surface area contributed by atoms with Gasteiger partial charge in [0.15, 0.2) is 0 Å². The minimum atomic E-state index is 0.596. The zero-order valence-electron chi connectivity index (χ0n) is 9.02. The van der Waals surface area contributed by atoms with Crippen LogP contribution in [0.4, 0.5) is 0 Å². The molecule has 0 heterocycles. The van der Waals surface area contributed by atoms with Gasteiger partial charge in [0.25, 0.3) is 0 Å². The summed E-state index contributed by atoms with van der Waals surface area (Å²) in [6, 6.07) is 0. The van der Waals surface area contributed by atoms with Gasteiger partial charge in [0.1, 0.15) is 0 Å². The van der Waals surface area contributed by atoms with Gasteiger partial charge in [0.05, 0.1) is 0 Å². The van der Waals surface area contributed by atoms with Crippen molar-refractivity contribution in [1.29, 1.82) is 0 Å². The summed E-state index contributed by atoms with van der Waals surface area (Å²) in [6.07, 6.45) is 4.10. The third-order valence-corrected chi connectivity index (χ3v) is 5.87. The molecule has 0 aliphatic heterocycles. The summed E-state index contributed by atoms with van der Waals surface area (Å²) >= 11 is 2.16. The Morgan fingerprint density at radius 1 is 1.31 bits per heavy atom. The Kier molecular flexibility index (Phi) is 2.02. The molecule has 2 saturated carbocycles. The Hall–Kier alpha value is 0.310. The van der Waals surface area contributed by atoms with Crippen molar-refractivity contribution in [1.82, 2.24) is 0 Å². The molecule has 1 spiro atoms. The fourth-order valence-corrected chi connectivity index (χ4v) is 4.99. The van der Waals surface area contributed by atoms with Gasteiger partial charge >= 0.3 is 0 Å². The molecule has 0 aromatic rings. The van der Waals surface area contributed by atoms with Crippen LogP contribution in [-0.2, 0) is 0 Å². The van der Waals surface area contributed by atoms with Crippen LogP contribution in [0.15, 0.2) is 0 Å². The van der Waals surface area contributed by atoms with Gasteiger partial charge in [-0.15, -0.1) is 0 Å². The van der Waals surface area contributed by atoms with Gasteiger partial charge in [-0.2, -0.15) is 11.8 Å². The number of hydrogen-bond donors (Lipinski definition) is 1. The van der Waals surface area contributed by atoms with Gasteiger partial charge in [-0.25, -0.2) is 0 Å². The van der Waals surface area contributed by atoms with E-state index >= 15 is 0 Å². The highest BCUT2D eigenvalue weighted by Crippen LogP contribution is 2.87. The predicted octanol–water partition coefficient (Wildman–Crippen LogP) is 2.65. The lowest BCUT2D eigenvalue weighted by Crippen LogP contribution is -2.12. The van der Waals surface area contributed by atoms with Crippen LogP contribution in [-0.4, -0.2) is 17.0 Å². The van der Waals surface area contributed by atoms with Crippen LogP contribution in [0.25, 0.3) is 0 Å². The molecule has 2 fully saturated rings. The smallest absolute Gasteiger partial charge is 0.0199 e. The molecule has 0 aromatic heterocycles. The van der Waals surface area contributed by atoms with Crippen molar-refractivity contribution in [2.75, 3.05) is 12.3 Å². The van der Waals surface area contributed by atoms with Gasteiger partial charge < -0.3 is 5.73 Å². The van der Waals surface area contributed by atoms with Crippen LogP contribution < -0.4 is 5.73 Å². The molecule has 1 nitrogen and oxygen atoms in total. The van der Waals surface area contributed by atoms with E-state index in [-0.39, 0.29) is 0 Å². The van der Waals surface area contributed by atoms with Crippen molar-refractivity contribution in [3.63, 3.8) is 0 Å². The van der Waals surface area contributed by atoms with E-state index in [0.717, 1.165) is 6.54 Å². The average molecular weight is 199 g/mol. The molecule has 2 aliphatic carbocycles. The maximum absolute atomic E-state index is 5.66. The van der Waals surface area contributed by atoms with E-state index in [1.807, 2.05) is 0 Å². The largest absolute Gasteiger partial charge is 0.330 e. The Morgan fingerprint density at radius 3 is 2.54 bits per heavy atom. The lowest BCUT2D eigenvalue weighted by molar-refractivity contribution is 0.450. The van der Waals surface area contributed by atoms with Crippen LogP contribution in [0.1, 0.15) is 40.0 Å². The predicted molar refractivity (Wildman–Crippen MR) is 60.0 cm³/mol. The highest BCUT2D eigenvalue weighted by atomic mass is 32.2. The average Bonchev–Trinajstić information content (AvgIpc) is 2.75. The molecule has 2 aliphatic rings. The van der Waals surface area contributed by atoms with E-state index in [4.69, 9.17) is 5.73 Å². The summed E-state index contributed by atoms with van der Waals surface area (Å²) in [5.74, 6) is 1.26. The van der Waals surface area contributed by atoms with Gasteiger partial charge in [-0.3, -0.25) is 0 Å². The Balaban J connectivity index is 1.99. The highest BCUT2D eigenvalue weighted by molar-refractivity contribution is 8.00. The molecule has 2 rings (SSSR count). The first-order chi connectivity index (χ1) is 6.04.